The fourth-order valence-corrected chi connectivity index (χ4v) is 2.12. The number of aliphatic hydroxyl groups is 1. The summed E-state index contributed by atoms with van der Waals surface area (Å²) in [6, 6.07) is -1.12. The molecular formula is C17H31N3O5. The van der Waals surface area contributed by atoms with Crippen molar-refractivity contribution in [2.45, 2.75) is 77.9 Å². The average molecular weight is 357 g/mol. The fourth-order valence-electron chi connectivity index (χ4n) is 2.12. The number of carbonyl (C=O) groups is 2. The smallest absolute Gasteiger partial charge is 0.323 e. The van der Waals surface area contributed by atoms with Crippen LogP contribution in [0.15, 0.2) is 12.4 Å². The molecule has 0 aromatic heterocycles. The summed E-state index contributed by atoms with van der Waals surface area (Å²) in [6.45, 7) is 11.1. The highest BCUT2D eigenvalue weighted by molar-refractivity contribution is 5.76. The largest absolute Gasteiger partial charge is 0.460 e. The van der Waals surface area contributed by atoms with Crippen LogP contribution in [0.4, 0.5) is 4.79 Å². The van der Waals surface area contributed by atoms with Crippen molar-refractivity contribution >= 4 is 12.0 Å². The van der Waals surface area contributed by atoms with Crippen LogP contribution in [0.1, 0.15) is 54.4 Å². The number of urea groups is 1. The summed E-state index contributed by atoms with van der Waals surface area (Å²) in [7, 11) is 0. The van der Waals surface area contributed by atoms with Crippen LogP contribution < -0.4 is 10.6 Å². The Morgan fingerprint density at radius 3 is 2.36 bits per heavy atom. The van der Waals surface area contributed by atoms with Gasteiger partial charge in [0.15, 0.2) is 6.29 Å². The number of nitrogens with zero attached hydrogens (tertiary/aromatic N) is 1. The summed E-state index contributed by atoms with van der Waals surface area (Å²) < 4.78 is 10.8. The van der Waals surface area contributed by atoms with Crippen molar-refractivity contribution in [3.8, 4) is 0 Å². The summed E-state index contributed by atoms with van der Waals surface area (Å²) in [5, 5.41) is 15.9. The van der Waals surface area contributed by atoms with Crippen LogP contribution in [0.25, 0.3) is 0 Å². The lowest BCUT2D eigenvalue weighted by Gasteiger charge is -2.31. The Morgan fingerprint density at radius 1 is 1.24 bits per heavy atom. The van der Waals surface area contributed by atoms with E-state index in [9.17, 15) is 14.7 Å². The minimum Gasteiger partial charge on any atom is -0.460 e. The molecule has 8 nitrogen and oxygen atoms in total. The number of ether oxygens (including phenoxy) is 2. The highest BCUT2D eigenvalue weighted by atomic mass is 16.6. The van der Waals surface area contributed by atoms with Crippen molar-refractivity contribution in [2.24, 2.45) is 0 Å². The maximum atomic E-state index is 12.2. The van der Waals surface area contributed by atoms with Gasteiger partial charge in [0, 0.05) is 18.8 Å². The van der Waals surface area contributed by atoms with Gasteiger partial charge in [-0.2, -0.15) is 0 Å². The number of amides is 2. The summed E-state index contributed by atoms with van der Waals surface area (Å²) in [4.78, 5) is 25.6. The number of hydrogen-bond acceptors (Lipinski definition) is 6. The third kappa shape index (κ3) is 8.74. The van der Waals surface area contributed by atoms with Gasteiger partial charge in [0.2, 0.25) is 0 Å². The molecule has 8 heteroatoms. The number of rotatable bonds is 6. The number of esters is 1. The molecule has 0 aromatic carbocycles. The zero-order valence-corrected chi connectivity index (χ0v) is 16.0. The van der Waals surface area contributed by atoms with Crippen LogP contribution in [0, 0.1) is 0 Å². The first-order valence-electron chi connectivity index (χ1n) is 8.42. The second-order valence-electron chi connectivity index (χ2n) is 7.95. The van der Waals surface area contributed by atoms with Gasteiger partial charge in [-0.25, -0.2) is 4.79 Å². The van der Waals surface area contributed by atoms with Gasteiger partial charge >= 0.3 is 12.0 Å². The molecule has 0 saturated carbocycles. The van der Waals surface area contributed by atoms with Crippen LogP contribution in [0.5, 0.6) is 0 Å². The number of aliphatic hydroxyl groups excluding tert-OH is 1. The third-order valence-corrected chi connectivity index (χ3v) is 3.10. The van der Waals surface area contributed by atoms with Crippen molar-refractivity contribution in [3.63, 3.8) is 0 Å². The van der Waals surface area contributed by atoms with E-state index in [1.807, 2.05) is 0 Å². The fraction of sp³-hybridized carbons (Fsp3) is 0.765. The number of nitrogens with one attached hydrogen (secondary N) is 2. The van der Waals surface area contributed by atoms with E-state index in [0.29, 0.717) is 6.67 Å². The number of carbonyl (C=O) groups excluding carboxylic acids is 2. The van der Waals surface area contributed by atoms with Gasteiger partial charge in [0.05, 0.1) is 18.3 Å². The summed E-state index contributed by atoms with van der Waals surface area (Å²) in [6.07, 6.45) is 2.25. The quantitative estimate of drug-likeness (QED) is 0.494. The first-order valence-corrected chi connectivity index (χ1v) is 8.42. The maximum Gasteiger partial charge on any atom is 0.323 e. The third-order valence-electron chi connectivity index (χ3n) is 3.10. The molecule has 1 heterocycles. The molecule has 1 aliphatic rings. The molecule has 0 fully saturated rings. The van der Waals surface area contributed by atoms with E-state index in [-0.39, 0.29) is 18.9 Å². The molecule has 3 N–H and O–H groups in total. The SMILES string of the molecule is CC(C)(C)OC(=O)CC[C@H](NC(=O)N1C=CNC1)C(O)OC(C)(C)C. The molecule has 1 unspecified atom stereocenters. The van der Waals surface area contributed by atoms with E-state index in [1.165, 1.54) is 4.90 Å². The zero-order valence-electron chi connectivity index (χ0n) is 16.0. The molecule has 0 bridgehead atoms. The molecule has 1 rings (SSSR count). The minimum atomic E-state index is -1.24. The van der Waals surface area contributed by atoms with Crippen LogP contribution in [-0.2, 0) is 14.3 Å². The van der Waals surface area contributed by atoms with E-state index in [4.69, 9.17) is 9.47 Å². The second kappa shape index (κ2) is 8.53. The van der Waals surface area contributed by atoms with Crippen molar-refractivity contribution in [2.75, 3.05) is 6.67 Å². The van der Waals surface area contributed by atoms with Gasteiger partial charge < -0.3 is 25.2 Å². The number of hydrogen-bond donors (Lipinski definition) is 3. The Kier molecular flexibility index (Phi) is 7.25. The van der Waals surface area contributed by atoms with Gasteiger partial charge in [-0.3, -0.25) is 9.69 Å². The lowest BCUT2D eigenvalue weighted by atomic mass is 10.1. The van der Waals surface area contributed by atoms with Gasteiger partial charge in [-0.05, 0) is 48.0 Å². The van der Waals surface area contributed by atoms with Crippen LogP contribution in [-0.4, -0.2) is 52.2 Å². The highest BCUT2D eigenvalue weighted by Gasteiger charge is 2.29. The highest BCUT2D eigenvalue weighted by Crippen LogP contribution is 2.16. The Hall–Kier alpha value is -1.80. The zero-order chi connectivity index (χ0) is 19.3. The average Bonchev–Trinajstić information content (AvgIpc) is 2.93. The predicted octanol–water partition coefficient (Wildman–Crippen LogP) is 1.65. The molecule has 0 spiro atoms. The first kappa shape index (κ1) is 21.2. The Balaban J connectivity index is 2.68. The van der Waals surface area contributed by atoms with Crippen LogP contribution in [0.2, 0.25) is 0 Å². The lowest BCUT2D eigenvalue weighted by Crippen LogP contribution is -2.50. The minimum absolute atomic E-state index is 0.0564. The molecule has 0 saturated heterocycles. The molecule has 0 radical (unpaired) electrons. The van der Waals surface area contributed by atoms with Crippen molar-refractivity contribution in [1.82, 2.24) is 15.5 Å². The van der Waals surface area contributed by atoms with Crippen molar-refractivity contribution < 1.29 is 24.2 Å². The monoisotopic (exact) mass is 357 g/mol. The van der Waals surface area contributed by atoms with Crippen molar-refractivity contribution in [1.29, 1.82) is 0 Å². The Morgan fingerprint density at radius 2 is 1.88 bits per heavy atom. The molecule has 2 atom stereocenters. The van der Waals surface area contributed by atoms with E-state index in [0.717, 1.165) is 0 Å². The van der Waals surface area contributed by atoms with E-state index < -0.39 is 29.5 Å². The topological polar surface area (TPSA) is 100 Å². The molecule has 1 aliphatic heterocycles. The summed E-state index contributed by atoms with van der Waals surface area (Å²) >= 11 is 0. The Labute approximate surface area is 149 Å². The van der Waals surface area contributed by atoms with E-state index in [1.54, 1.807) is 53.9 Å². The van der Waals surface area contributed by atoms with Gasteiger partial charge in [-0.1, -0.05) is 0 Å². The predicted molar refractivity (Wildman–Crippen MR) is 93.2 cm³/mol. The summed E-state index contributed by atoms with van der Waals surface area (Å²) in [5.74, 6) is -0.391. The van der Waals surface area contributed by atoms with Gasteiger partial charge in [0.25, 0.3) is 0 Å². The molecule has 25 heavy (non-hydrogen) atoms. The maximum absolute atomic E-state index is 12.2. The Bertz CT molecular complexity index is 493. The summed E-state index contributed by atoms with van der Waals surface area (Å²) in [5.41, 5.74) is -1.17. The van der Waals surface area contributed by atoms with Gasteiger partial charge in [-0.15, -0.1) is 0 Å². The molecule has 0 aromatic rings. The molecule has 144 valence electrons. The lowest BCUT2D eigenvalue weighted by molar-refractivity contribution is -0.180. The van der Waals surface area contributed by atoms with Crippen LogP contribution in [0.3, 0.4) is 0 Å². The second-order valence-corrected chi connectivity index (χ2v) is 7.95. The van der Waals surface area contributed by atoms with Gasteiger partial charge in [0.1, 0.15) is 5.60 Å². The standard InChI is InChI=1S/C17H31N3O5/c1-16(2,3)24-13(21)8-7-12(14(22)25-17(4,5)6)19-15(23)20-10-9-18-11-20/h9-10,12,14,18,22H,7-8,11H2,1-6H3,(H,19,23)/t12-,14?/m0/s1. The molecular weight excluding hydrogens is 326 g/mol. The van der Waals surface area contributed by atoms with Crippen molar-refractivity contribution in [3.05, 3.63) is 12.4 Å². The van der Waals surface area contributed by atoms with E-state index in [2.05, 4.69) is 10.6 Å². The van der Waals surface area contributed by atoms with E-state index >= 15 is 0 Å². The molecule has 0 aliphatic carbocycles. The normalized spacial score (nSPS) is 17.0. The van der Waals surface area contributed by atoms with Crippen LogP contribution >= 0.6 is 0 Å². The molecule has 2 amide bonds. The first-order chi connectivity index (χ1) is 11.4.